The zero-order valence-electron chi connectivity index (χ0n) is 19.2. The summed E-state index contributed by atoms with van der Waals surface area (Å²) in [7, 11) is -3.69. The van der Waals surface area contributed by atoms with Gasteiger partial charge in [-0.15, -0.1) is 0 Å². The molecule has 0 saturated heterocycles. The van der Waals surface area contributed by atoms with Crippen molar-refractivity contribution in [1.29, 1.82) is 0 Å². The van der Waals surface area contributed by atoms with Crippen LogP contribution in [0.25, 0.3) is 11.5 Å². The summed E-state index contributed by atoms with van der Waals surface area (Å²) in [5.41, 5.74) is 0.895. The lowest BCUT2D eigenvalue weighted by molar-refractivity contribution is -0.126. The van der Waals surface area contributed by atoms with Crippen molar-refractivity contribution in [1.82, 2.24) is 20.2 Å². The van der Waals surface area contributed by atoms with Gasteiger partial charge in [0.2, 0.25) is 20.9 Å². The molecule has 36 heavy (non-hydrogen) atoms. The average molecular weight is 553 g/mol. The minimum Gasteiger partial charge on any atom is -0.458 e. The van der Waals surface area contributed by atoms with Crippen molar-refractivity contribution in [3.63, 3.8) is 0 Å². The Morgan fingerprint density at radius 1 is 1.31 bits per heavy atom. The molecule has 190 valence electrons. The van der Waals surface area contributed by atoms with Gasteiger partial charge in [0.25, 0.3) is 5.91 Å². The predicted molar refractivity (Wildman–Crippen MR) is 131 cm³/mol. The number of carbonyl (C=O) groups excluding carboxylic acids is 2. The Balaban J connectivity index is 1.55. The number of sulfone groups is 1. The van der Waals surface area contributed by atoms with Crippen LogP contribution in [0.5, 0.6) is 0 Å². The maximum atomic E-state index is 13.2. The van der Waals surface area contributed by atoms with E-state index in [1.165, 1.54) is 11.0 Å². The van der Waals surface area contributed by atoms with Crippen molar-refractivity contribution in [3.05, 3.63) is 63.5 Å². The molecule has 2 aromatic heterocycles. The van der Waals surface area contributed by atoms with Crippen LogP contribution in [-0.4, -0.2) is 65.7 Å². The molecular formula is C23H22Cl2N4O6S. The SMILES string of the molecule is C[C@H](C(=O)N[C@H](CO)c1cccc(Cl)c1)N1CCc2oc(-c3nc(S(C)(=O)=O)ncc3Cl)cc2C1=O. The Morgan fingerprint density at radius 2 is 2.06 bits per heavy atom. The molecule has 3 heterocycles. The molecule has 2 atom stereocenters. The summed E-state index contributed by atoms with van der Waals surface area (Å²) in [6.07, 6.45) is 2.44. The highest BCUT2D eigenvalue weighted by Crippen LogP contribution is 2.33. The number of halogens is 2. The third-order valence-corrected chi connectivity index (χ3v) is 7.14. The molecule has 1 aromatic carbocycles. The van der Waals surface area contributed by atoms with Crippen molar-refractivity contribution >= 4 is 44.9 Å². The first-order chi connectivity index (χ1) is 17.0. The number of aromatic nitrogens is 2. The van der Waals surface area contributed by atoms with Crippen LogP contribution < -0.4 is 5.32 Å². The lowest BCUT2D eigenvalue weighted by Gasteiger charge is -2.32. The van der Waals surface area contributed by atoms with Crippen LogP contribution in [-0.2, 0) is 21.1 Å². The highest BCUT2D eigenvalue weighted by atomic mass is 35.5. The van der Waals surface area contributed by atoms with Gasteiger partial charge in [-0.05, 0) is 30.7 Å². The second-order valence-corrected chi connectivity index (χ2v) is 11.0. The molecule has 2 N–H and O–H groups in total. The van der Waals surface area contributed by atoms with Gasteiger partial charge in [-0.25, -0.2) is 18.4 Å². The zero-order valence-corrected chi connectivity index (χ0v) is 21.6. The number of fused-ring (bicyclic) bond motifs is 1. The Hall–Kier alpha value is -2.99. The molecule has 0 saturated carbocycles. The van der Waals surface area contributed by atoms with Gasteiger partial charge >= 0.3 is 0 Å². The van der Waals surface area contributed by atoms with E-state index < -0.39 is 38.9 Å². The monoisotopic (exact) mass is 552 g/mol. The van der Waals surface area contributed by atoms with Gasteiger partial charge in [-0.3, -0.25) is 9.59 Å². The largest absolute Gasteiger partial charge is 0.458 e. The third-order valence-electron chi connectivity index (χ3n) is 5.76. The molecule has 3 aromatic rings. The number of furan rings is 1. The van der Waals surface area contributed by atoms with E-state index in [1.807, 2.05) is 0 Å². The first-order valence-corrected chi connectivity index (χ1v) is 13.5. The molecule has 0 fully saturated rings. The summed E-state index contributed by atoms with van der Waals surface area (Å²) in [5, 5.41) is 12.6. The molecular weight excluding hydrogens is 531 g/mol. The fourth-order valence-electron chi connectivity index (χ4n) is 3.85. The summed E-state index contributed by atoms with van der Waals surface area (Å²) in [4.78, 5) is 35.3. The summed E-state index contributed by atoms with van der Waals surface area (Å²) < 4.78 is 29.5. The van der Waals surface area contributed by atoms with Crippen LogP contribution in [0.2, 0.25) is 10.0 Å². The number of hydrogen-bond acceptors (Lipinski definition) is 8. The molecule has 1 aliphatic heterocycles. The molecule has 13 heteroatoms. The highest BCUT2D eigenvalue weighted by molar-refractivity contribution is 7.90. The smallest absolute Gasteiger partial charge is 0.258 e. The molecule has 2 amide bonds. The van der Waals surface area contributed by atoms with Crippen LogP contribution >= 0.6 is 23.2 Å². The van der Waals surface area contributed by atoms with E-state index in [9.17, 15) is 23.1 Å². The maximum Gasteiger partial charge on any atom is 0.258 e. The van der Waals surface area contributed by atoms with Crippen LogP contribution in [0.1, 0.15) is 34.6 Å². The van der Waals surface area contributed by atoms with Crippen molar-refractivity contribution in [2.75, 3.05) is 19.4 Å². The van der Waals surface area contributed by atoms with E-state index in [-0.39, 0.29) is 35.2 Å². The molecule has 0 spiro atoms. The molecule has 1 aliphatic rings. The molecule has 0 radical (unpaired) electrons. The van der Waals surface area contributed by atoms with E-state index in [4.69, 9.17) is 27.6 Å². The first kappa shape index (κ1) is 26.1. The van der Waals surface area contributed by atoms with E-state index in [0.29, 0.717) is 22.8 Å². The Morgan fingerprint density at radius 3 is 2.72 bits per heavy atom. The van der Waals surface area contributed by atoms with Crippen molar-refractivity contribution in [2.45, 2.75) is 30.6 Å². The number of hydrogen-bond donors (Lipinski definition) is 2. The van der Waals surface area contributed by atoms with Crippen molar-refractivity contribution in [2.24, 2.45) is 0 Å². The number of nitrogens with zero attached hydrogens (tertiary/aromatic N) is 3. The number of amides is 2. The highest BCUT2D eigenvalue weighted by Gasteiger charge is 2.35. The minimum absolute atomic E-state index is 0.0407. The lowest BCUT2D eigenvalue weighted by atomic mass is 10.0. The Labute approximate surface area is 217 Å². The van der Waals surface area contributed by atoms with E-state index in [0.717, 1.165) is 12.5 Å². The fourth-order valence-corrected chi connectivity index (χ4v) is 4.74. The van der Waals surface area contributed by atoms with Crippen LogP contribution in [0.15, 0.2) is 46.1 Å². The number of nitrogens with one attached hydrogen (secondary N) is 1. The van der Waals surface area contributed by atoms with Gasteiger partial charge in [0.1, 0.15) is 17.5 Å². The average Bonchev–Trinajstić information content (AvgIpc) is 3.27. The summed E-state index contributed by atoms with van der Waals surface area (Å²) in [6, 6.07) is 6.66. The number of carbonyl (C=O) groups is 2. The molecule has 0 aliphatic carbocycles. The van der Waals surface area contributed by atoms with E-state index in [2.05, 4.69) is 15.3 Å². The van der Waals surface area contributed by atoms with Crippen LogP contribution in [0, 0.1) is 0 Å². The topological polar surface area (TPSA) is 143 Å². The number of benzene rings is 1. The standard InChI is InChI=1S/C23H22Cl2N4O6S/c1-12(21(31)27-17(11-30)13-4-3-5-14(24)8-13)29-7-6-18-15(22(29)32)9-19(35-18)20-16(25)10-26-23(28-20)36(2,33)34/h3-5,8-10,12,17,30H,6-7,11H2,1-2H3,(H,27,31)/t12-,17-/m1/s1. The number of aliphatic hydroxyl groups is 1. The Bertz CT molecular complexity index is 1440. The van der Waals surface area contributed by atoms with Gasteiger partial charge in [-0.2, -0.15) is 0 Å². The van der Waals surface area contributed by atoms with Crippen LogP contribution in [0.4, 0.5) is 0 Å². The molecule has 10 nitrogen and oxygen atoms in total. The summed E-state index contributed by atoms with van der Waals surface area (Å²) in [5.74, 6) is -0.399. The van der Waals surface area contributed by atoms with Gasteiger partial charge in [0.15, 0.2) is 5.76 Å². The van der Waals surface area contributed by atoms with Gasteiger partial charge in [0.05, 0.1) is 29.4 Å². The van der Waals surface area contributed by atoms with Gasteiger partial charge in [0, 0.05) is 24.2 Å². The fraction of sp³-hybridized carbons (Fsp3) is 0.304. The van der Waals surface area contributed by atoms with Crippen LogP contribution in [0.3, 0.4) is 0 Å². The summed E-state index contributed by atoms with van der Waals surface area (Å²) in [6.45, 7) is 1.45. The first-order valence-electron chi connectivity index (χ1n) is 10.8. The normalized spacial score (nSPS) is 15.4. The lowest BCUT2D eigenvalue weighted by Crippen LogP contribution is -2.51. The zero-order chi connectivity index (χ0) is 26.2. The number of aliphatic hydroxyl groups excluding tert-OH is 1. The van der Waals surface area contributed by atoms with E-state index in [1.54, 1.807) is 31.2 Å². The van der Waals surface area contributed by atoms with Gasteiger partial charge in [-0.1, -0.05) is 35.3 Å². The summed E-state index contributed by atoms with van der Waals surface area (Å²) >= 11 is 12.2. The second kappa shape index (κ2) is 10.2. The van der Waals surface area contributed by atoms with Crippen molar-refractivity contribution in [3.8, 4) is 11.5 Å². The molecule has 0 unspecified atom stereocenters. The van der Waals surface area contributed by atoms with Crippen molar-refractivity contribution < 1.29 is 27.5 Å². The minimum atomic E-state index is -3.69. The second-order valence-electron chi connectivity index (χ2n) is 8.29. The third kappa shape index (κ3) is 5.24. The van der Waals surface area contributed by atoms with E-state index >= 15 is 0 Å². The maximum absolute atomic E-state index is 13.2. The molecule has 0 bridgehead atoms. The van der Waals surface area contributed by atoms with Gasteiger partial charge < -0.3 is 19.7 Å². The quantitative estimate of drug-likeness (QED) is 0.426. The predicted octanol–water partition coefficient (Wildman–Crippen LogP) is 2.68. The molecule has 4 rings (SSSR count). The number of rotatable bonds is 7. The Kier molecular flexibility index (Phi) is 7.37.